The van der Waals surface area contributed by atoms with Crippen molar-refractivity contribution in [2.75, 3.05) is 19.6 Å². The number of nitrogens with one attached hydrogen (secondary N) is 1. The quantitative estimate of drug-likeness (QED) is 0.835. The monoisotopic (exact) mass is 379 g/mol. The van der Waals surface area contributed by atoms with Crippen LogP contribution in [0.1, 0.15) is 34.5 Å². The summed E-state index contributed by atoms with van der Waals surface area (Å²) in [6, 6.07) is 5.32. The van der Waals surface area contributed by atoms with Crippen LogP contribution in [0.25, 0.3) is 0 Å². The summed E-state index contributed by atoms with van der Waals surface area (Å²) in [5, 5.41) is 4.47. The topological polar surface area (TPSA) is 79.4 Å². The zero-order chi connectivity index (χ0) is 17.7. The van der Waals surface area contributed by atoms with Crippen molar-refractivity contribution >= 4 is 27.3 Å². The van der Waals surface area contributed by atoms with E-state index in [1.807, 2.05) is 12.1 Å². The maximum Gasteiger partial charge on any atom is 0.262 e. The zero-order valence-corrected chi connectivity index (χ0v) is 15.5. The van der Waals surface area contributed by atoms with Gasteiger partial charge < -0.3 is 5.32 Å². The molecule has 2 aromatic rings. The predicted molar refractivity (Wildman–Crippen MR) is 97.2 cm³/mol. The van der Waals surface area contributed by atoms with Gasteiger partial charge in [0.25, 0.3) is 5.91 Å². The summed E-state index contributed by atoms with van der Waals surface area (Å²) in [7, 11) is -3.60. The van der Waals surface area contributed by atoms with Gasteiger partial charge in [0, 0.05) is 32.0 Å². The van der Waals surface area contributed by atoms with Gasteiger partial charge in [0.15, 0.2) is 0 Å². The third-order valence-electron chi connectivity index (χ3n) is 4.19. The third kappa shape index (κ3) is 4.26. The molecule has 1 fully saturated rings. The summed E-state index contributed by atoms with van der Waals surface area (Å²) in [5.74, 6) is -0.338. The lowest BCUT2D eigenvalue weighted by molar-refractivity contribution is 0.0955. The van der Waals surface area contributed by atoms with E-state index in [-0.39, 0.29) is 15.7 Å². The van der Waals surface area contributed by atoms with E-state index in [9.17, 15) is 13.2 Å². The second-order valence-electron chi connectivity index (χ2n) is 5.95. The van der Waals surface area contributed by atoms with E-state index >= 15 is 0 Å². The highest BCUT2D eigenvalue weighted by molar-refractivity contribution is 7.89. The number of amides is 1. The first kappa shape index (κ1) is 18.0. The first-order chi connectivity index (χ1) is 12.1. The highest BCUT2D eigenvalue weighted by atomic mass is 32.2. The van der Waals surface area contributed by atoms with Gasteiger partial charge in [-0.25, -0.2) is 8.42 Å². The maximum absolute atomic E-state index is 12.8. The highest BCUT2D eigenvalue weighted by Crippen LogP contribution is 2.27. The number of hydrogen-bond acceptors (Lipinski definition) is 5. The molecule has 8 heteroatoms. The number of hydrogen-bond donors (Lipinski definition) is 1. The average Bonchev–Trinajstić information content (AvgIpc) is 3.14. The molecule has 0 radical (unpaired) electrons. The van der Waals surface area contributed by atoms with Gasteiger partial charge in [0.1, 0.15) is 9.77 Å². The lowest BCUT2D eigenvalue weighted by Gasteiger charge is -2.25. The van der Waals surface area contributed by atoms with Crippen LogP contribution in [0.15, 0.2) is 40.9 Å². The molecule has 0 aliphatic carbocycles. The molecular formula is C17H21N3O3S2. The van der Waals surface area contributed by atoms with Crippen LogP contribution in [-0.2, 0) is 16.4 Å². The van der Waals surface area contributed by atoms with Crippen LogP contribution in [-0.4, -0.2) is 43.2 Å². The summed E-state index contributed by atoms with van der Waals surface area (Å²) < 4.78 is 27.1. The summed E-state index contributed by atoms with van der Waals surface area (Å²) in [4.78, 5) is 16.9. The molecule has 134 valence electrons. The lowest BCUT2D eigenvalue weighted by Crippen LogP contribution is -2.36. The summed E-state index contributed by atoms with van der Waals surface area (Å²) in [6.45, 7) is 1.49. The molecule has 0 unspecified atom stereocenters. The van der Waals surface area contributed by atoms with E-state index in [0.717, 1.165) is 36.2 Å². The van der Waals surface area contributed by atoms with Crippen molar-refractivity contribution in [2.45, 2.75) is 30.6 Å². The first-order valence-electron chi connectivity index (χ1n) is 8.34. The second kappa shape index (κ2) is 8.07. The molecule has 1 saturated heterocycles. The van der Waals surface area contributed by atoms with E-state index in [0.29, 0.717) is 26.1 Å². The molecule has 3 rings (SSSR count). The van der Waals surface area contributed by atoms with Gasteiger partial charge in [-0.05, 0) is 42.3 Å². The number of pyridine rings is 1. The number of carbonyl (C=O) groups excluding carboxylic acids is 1. The second-order valence-corrected chi connectivity index (χ2v) is 8.77. The van der Waals surface area contributed by atoms with E-state index in [1.165, 1.54) is 10.4 Å². The summed E-state index contributed by atoms with van der Waals surface area (Å²) in [6.07, 6.45) is 6.90. The lowest BCUT2D eigenvalue weighted by atomic mass is 10.2. The molecule has 25 heavy (non-hydrogen) atoms. The Hall–Kier alpha value is -1.77. The molecule has 3 heterocycles. The molecule has 1 amide bonds. The third-order valence-corrected chi connectivity index (χ3v) is 7.17. The predicted octanol–water partition coefficient (Wildman–Crippen LogP) is 2.29. The SMILES string of the molecule is O=C(NCCc1cccnc1)c1sccc1S(=O)(=O)N1CCCCC1. The Labute approximate surface area is 151 Å². The van der Waals surface area contributed by atoms with E-state index in [4.69, 9.17) is 0 Å². The Morgan fingerprint density at radius 3 is 2.76 bits per heavy atom. The minimum Gasteiger partial charge on any atom is -0.351 e. The van der Waals surface area contributed by atoms with Crippen molar-refractivity contribution in [1.82, 2.24) is 14.6 Å². The number of carbonyl (C=O) groups is 1. The molecule has 0 atom stereocenters. The Kier molecular flexibility index (Phi) is 5.82. The molecule has 1 aliphatic rings. The van der Waals surface area contributed by atoms with Crippen LogP contribution >= 0.6 is 11.3 Å². The van der Waals surface area contributed by atoms with Gasteiger partial charge >= 0.3 is 0 Å². The number of piperidine rings is 1. The van der Waals surface area contributed by atoms with Gasteiger partial charge in [-0.2, -0.15) is 4.31 Å². The normalized spacial score (nSPS) is 15.8. The summed E-state index contributed by atoms with van der Waals surface area (Å²) in [5.41, 5.74) is 1.02. The van der Waals surface area contributed by atoms with E-state index in [2.05, 4.69) is 10.3 Å². The maximum atomic E-state index is 12.8. The molecular weight excluding hydrogens is 358 g/mol. The van der Waals surface area contributed by atoms with Crippen LogP contribution < -0.4 is 5.32 Å². The number of thiophene rings is 1. The first-order valence-corrected chi connectivity index (χ1v) is 10.7. The fraction of sp³-hybridized carbons (Fsp3) is 0.412. The van der Waals surface area contributed by atoms with Crippen LogP contribution in [0.4, 0.5) is 0 Å². The van der Waals surface area contributed by atoms with Crippen LogP contribution in [0, 0.1) is 0 Å². The van der Waals surface area contributed by atoms with Crippen LogP contribution in [0.2, 0.25) is 0 Å². The van der Waals surface area contributed by atoms with Crippen molar-refractivity contribution in [3.05, 3.63) is 46.4 Å². The molecule has 1 N–H and O–H groups in total. The van der Waals surface area contributed by atoms with Gasteiger partial charge in [-0.15, -0.1) is 11.3 Å². The molecule has 0 bridgehead atoms. The smallest absolute Gasteiger partial charge is 0.262 e. The fourth-order valence-corrected chi connectivity index (χ4v) is 5.69. The molecule has 0 saturated carbocycles. The van der Waals surface area contributed by atoms with Gasteiger partial charge in [0.05, 0.1) is 0 Å². The average molecular weight is 380 g/mol. The minimum atomic E-state index is -3.60. The zero-order valence-electron chi connectivity index (χ0n) is 13.8. The van der Waals surface area contributed by atoms with Crippen molar-refractivity contribution in [3.63, 3.8) is 0 Å². The van der Waals surface area contributed by atoms with E-state index < -0.39 is 10.0 Å². The van der Waals surface area contributed by atoms with Crippen LogP contribution in [0.3, 0.4) is 0 Å². The van der Waals surface area contributed by atoms with Gasteiger partial charge in [-0.1, -0.05) is 12.5 Å². The Bertz CT molecular complexity index is 813. The van der Waals surface area contributed by atoms with E-state index in [1.54, 1.807) is 17.8 Å². The van der Waals surface area contributed by atoms with Gasteiger partial charge in [-0.3, -0.25) is 9.78 Å². The Balaban J connectivity index is 1.67. The highest BCUT2D eigenvalue weighted by Gasteiger charge is 2.30. The largest absolute Gasteiger partial charge is 0.351 e. The summed E-state index contributed by atoms with van der Waals surface area (Å²) >= 11 is 1.16. The Morgan fingerprint density at radius 1 is 1.24 bits per heavy atom. The molecule has 6 nitrogen and oxygen atoms in total. The van der Waals surface area contributed by atoms with Gasteiger partial charge in [0.2, 0.25) is 10.0 Å². The fourth-order valence-electron chi connectivity index (χ4n) is 2.86. The minimum absolute atomic E-state index is 0.123. The van der Waals surface area contributed by atoms with Crippen LogP contribution in [0.5, 0.6) is 0 Å². The van der Waals surface area contributed by atoms with Crippen molar-refractivity contribution in [2.24, 2.45) is 0 Å². The van der Waals surface area contributed by atoms with Crippen molar-refractivity contribution in [1.29, 1.82) is 0 Å². The number of nitrogens with zero attached hydrogens (tertiary/aromatic N) is 2. The molecule has 0 spiro atoms. The van der Waals surface area contributed by atoms with Crippen molar-refractivity contribution in [3.8, 4) is 0 Å². The Morgan fingerprint density at radius 2 is 2.04 bits per heavy atom. The standard InChI is InChI=1S/C17H21N3O3S2/c21-17(19-9-6-14-5-4-8-18-13-14)16-15(7-12-24-16)25(22,23)20-10-2-1-3-11-20/h4-5,7-8,12-13H,1-3,6,9-11H2,(H,19,21). The molecule has 2 aromatic heterocycles. The molecule has 0 aromatic carbocycles. The molecule has 1 aliphatic heterocycles. The number of aromatic nitrogens is 1. The number of rotatable bonds is 6. The number of sulfonamides is 1. The van der Waals surface area contributed by atoms with Crippen molar-refractivity contribution < 1.29 is 13.2 Å².